The summed E-state index contributed by atoms with van der Waals surface area (Å²) in [5.41, 5.74) is 1.12. The van der Waals surface area contributed by atoms with Gasteiger partial charge in [-0.15, -0.1) is 6.58 Å². The second-order valence-corrected chi connectivity index (χ2v) is 7.28. The van der Waals surface area contributed by atoms with E-state index in [1.54, 1.807) is 30.3 Å². The highest BCUT2D eigenvalue weighted by molar-refractivity contribution is 5.94. The SMILES string of the molecule is C=CCC(F)(F)C(O)C(CCCNC(=O)OCc1ccccc1)NC(=O)c1ccccc1. The van der Waals surface area contributed by atoms with Crippen LogP contribution in [-0.4, -0.2) is 41.7 Å². The van der Waals surface area contributed by atoms with Gasteiger partial charge in [-0.3, -0.25) is 4.79 Å². The third-order valence-electron chi connectivity index (χ3n) is 4.76. The lowest BCUT2D eigenvalue weighted by molar-refractivity contribution is -0.118. The molecule has 2 amide bonds. The molecule has 0 aromatic heterocycles. The van der Waals surface area contributed by atoms with Crippen molar-refractivity contribution in [2.45, 2.75) is 43.9 Å². The van der Waals surface area contributed by atoms with E-state index in [1.165, 1.54) is 0 Å². The fraction of sp³-hybridized carbons (Fsp3) is 0.333. The molecule has 172 valence electrons. The van der Waals surface area contributed by atoms with Gasteiger partial charge in [-0.05, 0) is 30.5 Å². The molecule has 6 nitrogen and oxygen atoms in total. The topological polar surface area (TPSA) is 87.7 Å². The van der Waals surface area contributed by atoms with Crippen LogP contribution in [-0.2, 0) is 11.3 Å². The zero-order valence-corrected chi connectivity index (χ0v) is 17.7. The van der Waals surface area contributed by atoms with E-state index in [1.807, 2.05) is 30.3 Å². The number of aliphatic hydroxyl groups excluding tert-OH is 1. The van der Waals surface area contributed by atoms with Crippen molar-refractivity contribution in [3.05, 3.63) is 84.4 Å². The van der Waals surface area contributed by atoms with Gasteiger partial charge in [-0.25, -0.2) is 13.6 Å². The van der Waals surface area contributed by atoms with Gasteiger partial charge >= 0.3 is 6.09 Å². The predicted octanol–water partition coefficient (Wildman–Crippen LogP) is 4.06. The van der Waals surface area contributed by atoms with Gasteiger partial charge in [-0.2, -0.15) is 0 Å². The lowest BCUT2D eigenvalue weighted by Crippen LogP contribution is -2.51. The Balaban J connectivity index is 1.88. The summed E-state index contributed by atoms with van der Waals surface area (Å²) in [6.45, 7) is 3.53. The molecule has 0 saturated carbocycles. The van der Waals surface area contributed by atoms with Crippen molar-refractivity contribution < 1.29 is 28.2 Å². The van der Waals surface area contributed by atoms with Gasteiger partial charge in [0.2, 0.25) is 0 Å². The van der Waals surface area contributed by atoms with Crippen molar-refractivity contribution in [1.82, 2.24) is 10.6 Å². The molecule has 2 aromatic rings. The molecule has 0 aliphatic heterocycles. The first-order chi connectivity index (χ1) is 15.3. The Kier molecular flexibility index (Phi) is 9.81. The normalized spacial score (nSPS) is 13.0. The minimum atomic E-state index is -3.46. The van der Waals surface area contributed by atoms with Gasteiger partial charge in [-0.1, -0.05) is 54.6 Å². The van der Waals surface area contributed by atoms with Crippen molar-refractivity contribution in [2.24, 2.45) is 0 Å². The smallest absolute Gasteiger partial charge is 0.407 e. The molecular weight excluding hydrogens is 418 g/mol. The molecular formula is C24H28F2N2O4. The third-order valence-corrected chi connectivity index (χ3v) is 4.76. The van der Waals surface area contributed by atoms with E-state index in [4.69, 9.17) is 4.74 Å². The Hall–Kier alpha value is -3.26. The number of rotatable bonds is 12. The van der Waals surface area contributed by atoms with E-state index in [9.17, 15) is 23.5 Å². The Bertz CT molecular complexity index is 863. The molecule has 0 aliphatic carbocycles. The molecule has 0 radical (unpaired) electrons. The zero-order chi connectivity index (χ0) is 23.4. The highest BCUT2D eigenvalue weighted by atomic mass is 19.3. The van der Waals surface area contributed by atoms with Crippen molar-refractivity contribution in [3.63, 3.8) is 0 Å². The molecule has 2 unspecified atom stereocenters. The molecule has 2 aromatic carbocycles. The average molecular weight is 446 g/mol. The quantitative estimate of drug-likeness (QED) is 0.339. The predicted molar refractivity (Wildman–Crippen MR) is 117 cm³/mol. The van der Waals surface area contributed by atoms with Gasteiger partial charge in [0.1, 0.15) is 12.7 Å². The highest BCUT2D eigenvalue weighted by Gasteiger charge is 2.42. The largest absolute Gasteiger partial charge is 0.445 e. The molecule has 0 heterocycles. The van der Waals surface area contributed by atoms with Crippen LogP contribution in [0, 0.1) is 0 Å². The standard InChI is InChI=1S/C24H28F2N2O4/c1-2-15-24(25,26)21(29)20(28-22(30)19-12-7-4-8-13-19)14-9-16-27-23(31)32-17-18-10-5-3-6-11-18/h2-8,10-13,20-21,29H,1,9,14-17H2,(H,27,31)(H,28,30). The lowest BCUT2D eigenvalue weighted by atomic mass is 9.97. The summed E-state index contributed by atoms with van der Waals surface area (Å²) in [5, 5.41) is 15.3. The van der Waals surface area contributed by atoms with Gasteiger partial charge < -0.3 is 20.5 Å². The number of ether oxygens (including phenoxy) is 1. The monoisotopic (exact) mass is 446 g/mol. The first kappa shape index (κ1) is 25.0. The number of nitrogens with one attached hydrogen (secondary N) is 2. The van der Waals surface area contributed by atoms with E-state index in [-0.39, 0.29) is 26.0 Å². The Morgan fingerprint density at radius 3 is 2.34 bits per heavy atom. The summed E-state index contributed by atoms with van der Waals surface area (Å²) in [6, 6.07) is 16.0. The number of carbonyl (C=O) groups excluding carboxylic acids is 2. The summed E-state index contributed by atoms with van der Waals surface area (Å²) in [5.74, 6) is -4.03. The van der Waals surface area contributed by atoms with E-state index < -0.39 is 36.5 Å². The minimum absolute atomic E-state index is 0.0193. The van der Waals surface area contributed by atoms with Crippen LogP contribution in [0.25, 0.3) is 0 Å². The van der Waals surface area contributed by atoms with Gasteiger partial charge in [0.15, 0.2) is 0 Å². The number of benzene rings is 2. The first-order valence-electron chi connectivity index (χ1n) is 10.3. The molecule has 3 N–H and O–H groups in total. The number of allylic oxidation sites excluding steroid dienone is 1. The van der Waals surface area contributed by atoms with Crippen LogP contribution in [0.1, 0.15) is 35.2 Å². The van der Waals surface area contributed by atoms with Gasteiger partial charge in [0.05, 0.1) is 6.04 Å². The van der Waals surface area contributed by atoms with Crippen molar-refractivity contribution in [1.29, 1.82) is 0 Å². The second kappa shape index (κ2) is 12.6. The molecule has 0 spiro atoms. The van der Waals surface area contributed by atoms with Crippen LogP contribution in [0.2, 0.25) is 0 Å². The molecule has 2 atom stereocenters. The molecule has 0 fully saturated rings. The molecule has 0 aliphatic rings. The average Bonchev–Trinajstić information content (AvgIpc) is 2.80. The molecule has 2 rings (SSSR count). The lowest BCUT2D eigenvalue weighted by Gasteiger charge is -2.30. The zero-order valence-electron chi connectivity index (χ0n) is 17.7. The highest BCUT2D eigenvalue weighted by Crippen LogP contribution is 2.27. The van der Waals surface area contributed by atoms with Crippen LogP contribution in [0.3, 0.4) is 0 Å². The van der Waals surface area contributed by atoms with Crippen molar-refractivity contribution in [3.8, 4) is 0 Å². The van der Waals surface area contributed by atoms with E-state index in [2.05, 4.69) is 17.2 Å². The van der Waals surface area contributed by atoms with Crippen LogP contribution in [0.5, 0.6) is 0 Å². The molecule has 8 heteroatoms. The summed E-state index contributed by atoms with van der Waals surface area (Å²) < 4.78 is 33.6. The number of hydrogen-bond acceptors (Lipinski definition) is 4. The summed E-state index contributed by atoms with van der Waals surface area (Å²) in [4.78, 5) is 24.2. The van der Waals surface area contributed by atoms with E-state index >= 15 is 0 Å². The van der Waals surface area contributed by atoms with E-state index in [0.717, 1.165) is 11.6 Å². The number of carbonyl (C=O) groups is 2. The number of halogens is 2. The number of alkyl halides is 2. The number of hydrogen-bond donors (Lipinski definition) is 3. The Morgan fingerprint density at radius 2 is 1.72 bits per heavy atom. The molecule has 0 bridgehead atoms. The number of amides is 2. The Morgan fingerprint density at radius 1 is 1.09 bits per heavy atom. The third kappa shape index (κ3) is 8.11. The molecule has 32 heavy (non-hydrogen) atoms. The number of alkyl carbamates (subject to hydrolysis) is 1. The van der Waals surface area contributed by atoms with Crippen LogP contribution >= 0.6 is 0 Å². The summed E-state index contributed by atoms with van der Waals surface area (Å²) in [7, 11) is 0. The Labute approximate surface area is 186 Å². The minimum Gasteiger partial charge on any atom is -0.445 e. The maximum atomic E-state index is 14.3. The fourth-order valence-electron chi connectivity index (χ4n) is 3.04. The fourth-order valence-corrected chi connectivity index (χ4v) is 3.04. The van der Waals surface area contributed by atoms with Crippen LogP contribution in [0.15, 0.2) is 73.3 Å². The second-order valence-electron chi connectivity index (χ2n) is 7.28. The maximum Gasteiger partial charge on any atom is 0.407 e. The van der Waals surface area contributed by atoms with Crippen molar-refractivity contribution in [2.75, 3.05) is 6.54 Å². The summed E-state index contributed by atoms with van der Waals surface area (Å²) >= 11 is 0. The maximum absolute atomic E-state index is 14.3. The van der Waals surface area contributed by atoms with E-state index in [0.29, 0.717) is 5.56 Å². The van der Waals surface area contributed by atoms with Crippen LogP contribution < -0.4 is 10.6 Å². The van der Waals surface area contributed by atoms with Crippen LogP contribution in [0.4, 0.5) is 13.6 Å². The first-order valence-corrected chi connectivity index (χ1v) is 10.3. The number of aliphatic hydroxyl groups is 1. The van der Waals surface area contributed by atoms with Crippen molar-refractivity contribution >= 4 is 12.0 Å². The van der Waals surface area contributed by atoms with Gasteiger partial charge in [0.25, 0.3) is 11.8 Å². The van der Waals surface area contributed by atoms with Gasteiger partial charge in [0, 0.05) is 18.5 Å². The summed E-state index contributed by atoms with van der Waals surface area (Å²) in [6.07, 6.45) is -2.21. The molecule has 0 saturated heterocycles.